The first-order valence-electron chi connectivity index (χ1n) is 8.03. The average Bonchev–Trinajstić information content (AvgIpc) is 2.90. The third kappa shape index (κ3) is 3.00. The highest BCUT2D eigenvalue weighted by atomic mass is 16.5. The van der Waals surface area contributed by atoms with Crippen LogP contribution >= 0.6 is 0 Å². The number of aliphatic carboxylic acids is 1. The van der Waals surface area contributed by atoms with Gasteiger partial charge in [0.15, 0.2) is 0 Å². The summed E-state index contributed by atoms with van der Waals surface area (Å²) in [7, 11) is 0. The molecule has 3 fully saturated rings. The number of fused-ring (bicyclic) bond motifs is 1. The summed E-state index contributed by atoms with van der Waals surface area (Å²) in [6.45, 7) is 2.17. The smallest absolute Gasteiger partial charge is 0.320 e. The van der Waals surface area contributed by atoms with E-state index < -0.39 is 5.97 Å². The monoisotopic (exact) mass is 296 g/mol. The summed E-state index contributed by atoms with van der Waals surface area (Å²) >= 11 is 0. The Hall–Kier alpha value is -1.30. The van der Waals surface area contributed by atoms with E-state index >= 15 is 0 Å². The van der Waals surface area contributed by atoms with Crippen molar-refractivity contribution in [2.45, 2.75) is 50.6 Å². The summed E-state index contributed by atoms with van der Waals surface area (Å²) in [6, 6.07) is 0.0740. The highest BCUT2D eigenvalue weighted by Crippen LogP contribution is 2.37. The number of nitrogens with zero attached hydrogens (tertiary/aromatic N) is 2. The van der Waals surface area contributed by atoms with Crippen molar-refractivity contribution < 1.29 is 19.4 Å². The minimum atomic E-state index is -0.875. The number of carbonyl (C=O) groups is 2. The fourth-order valence-electron chi connectivity index (χ4n) is 4.09. The molecular weight excluding hydrogens is 272 g/mol. The second-order valence-electron chi connectivity index (χ2n) is 6.40. The lowest BCUT2D eigenvalue weighted by atomic mass is 9.85. The topological polar surface area (TPSA) is 70.1 Å². The van der Waals surface area contributed by atoms with Crippen molar-refractivity contribution in [2.75, 3.05) is 26.3 Å². The lowest BCUT2D eigenvalue weighted by molar-refractivity contribution is -0.139. The summed E-state index contributed by atoms with van der Waals surface area (Å²) in [5.74, 6) is -0.220. The van der Waals surface area contributed by atoms with Crippen LogP contribution in [-0.2, 0) is 9.53 Å². The summed E-state index contributed by atoms with van der Waals surface area (Å²) in [5.41, 5.74) is 0. The van der Waals surface area contributed by atoms with Gasteiger partial charge in [-0.2, -0.15) is 0 Å². The largest absolute Gasteiger partial charge is 0.481 e. The van der Waals surface area contributed by atoms with Crippen molar-refractivity contribution in [3.05, 3.63) is 0 Å². The molecular formula is C15H24N2O4. The molecule has 3 atom stereocenters. The molecule has 1 saturated carbocycles. The van der Waals surface area contributed by atoms with Crippen molar-refractivity contribution in [3.8, 4) is 0 Å². The standard InChI is InChI=1S/C15H24N2O4/c18-14(19)9-12-10-21-8-7-16(12)15(20)17-6-5-11-3-1-2-4-13(11)17/h11-13H,1-10H2,(H,18,19). The predicted octanol–water partition coefficient (Wildman–Crippen LogP) is 1.55. The molecule has 1 N–H and O–H groups in total. The number of rotatable bonds is 2. The van der Waals surface area contributed by atoms with E-state index in [1.807, 2.05) is 4.90 Å². The first-order valence-corrected chi connectivity index (χ1v) is 8.03. The van der Waals surface area contributed by atoms with Crippen molar-refractivity contribution in [3.63, 3.8) is 0 Å². The van der Waals surface area contributed by atoms with Gasteiger partial charge in [-0.05, 0) is 25.2 Å². The van der Waals surface area contributed by atoms with Gasteiger partial charge in [0, 0.05) is 19.1 Å². The molecule has 0 radical (unpaired) electrons. The van der Waals surface area contributed by atoms with Crippen molar-refractivity contribution in [2.24, 2.45) is 5.92 Å². The van der Waals surface area contributed by atoms with Crippen molar-refractivity contribution >= 4 is 12.0 Å². The van der Waals surface area contributed by atoms with Crippen LogP contribution in [0.25, 0.3) is 0 Å². The van der Waals surface area contributed by atoms with Crippen molar-refractivity contribution in [1.82, 2.24) is 9.80 Å². The van der Waals surface area contributed by atoms with Gasteiger partial charge in [0.2, 0.25) is 0 Å². The predicted molar refractivity (Wildman–Crippen MR) is 76.0 cm³/mol. The van der Waals surface area contributed by atoms with Gasteiger partial charge in [0.25, 0.3) is 0 Å². The van der Waals surface area contributed by atoms with Gasteiger partial charge in [0.1, 0.15) is 0 Å². The number of morpholine rings is 1. The summed E-state index contributed by atoms with van der Waals surface area (Å²) in [4.78, 5) is 27.6. The van der Waals surface area contributed by atoms with Crippen LogP contribution in [0.15, 0.2) is 0 Å². The fraction of sp³-hybridized carbons (Fsp3) is 0.867. The van der Waals surface area contributed by atoms with Gasteiger partial charge in [-0.15, -0.1) is 0 Å². The number of carbonyl (C=O) groups excluding carboxylic acids is 1. The molecule has 6 nitrogen and oxygen atoms in total. The number of hydrogen-bond acceptors (Lipinski definition) is 3. The van der Waals surface area contributed by atoms with Gasteiger partial charge < -0.3 is 19.6 Å². The first kappa shape index (κ1) is 14.6. The molecule has 6 heteroatoms. The zero-order chi connectivity index (χ0) is 14.8. The van der Waals surface area contributed by atoms with Crippen LogP contribution in [0.5, 0.6) is 0 Å². The molecule has 3 aliphatic rings. The minimum Gasteiger partial charge on any atom is -0.481 e. The summed E-state index contributed by atoms with van der Waals surface area (Å²) in [6.07, 6.45) is 5.88. The minimum absolute atomic E-state index is 0.0268. The molecule has 118 valence electrons. The third-order valence-electron chi connectivity index (χ3n) is 5.14. The van der Waals surface area contributed by atoms with Crippen LogP contribution in [0.1, 0.15) is 38.5 Å². The molecule has 0 aromatic heterocycles. The van der Waals surface area contributed by atoms with E-state index in [9.17, 15) is 9.59 Å². The Kier molecular flexibility index (Phi) is 4.33. The third-order valence-corrected chi connectivity index (χ3v) is 5.14. The molecule has 0 aromatic carbocycles. The summed E-state index contributed by atoms with van der Waals surface area (Å²) < 4.78 is 5.36. The number of likely N-dealkylation sites (tertiary alicyclic amines) is 1. The quantitative estimate of drug-likeness (QED) is 0.839. The maximum atomic E-state index is 12.9. The first-order chi connectivity index (χ1) is 10.2. The van der Waals surface area contributed by atoms with E-state index in [1.165, 1.54) is 19.3 Å². The molecule has 2 amide bonds. The van der Waals surface area contributed by atoms with Crippen LogP contribution < -0.4 is 0 Å². The second kappa shape index (κ2) is 6.22. The Morgan fingerprint density at radius 2 is 1.90 bits per heavy atom. The van der Waals surface area contributed by atoms with E-state index in [2.05, 4.69) is 0 Å². The molecule has 2 aliphatic heterocycles. The van der Waals surface area contributed by atoms with Crippen LogP contribution in [-0.4, -0.2) is 65.3 Å². The Morgan fingerprint density at radius 1 is 1.10 bits per heavy atom. The maximum absolute atomic E-state index is 12.9. The zero-order valence-electron chi connectivity index (χ0n) is 12.4. The Balaban J connectivity index is 1.69. The normalized spacial score (nSPS) is 32.9. The van der Waals surface area contributed by atoms with E-state index in [1.54, 1.807) is 4.90 Å². The van der Waals surface area contributed by atoms with E-state index in [-0.39, 0.29) is 18.5 Å². The number of hydrogen-bond donors (Lipinski definition) is 1. The maximum Gasteiger partial charge on any atom is 0.320 e. The van der Waals surface area contributed by atoms with Gasteiger partial charge >= 0.3 is 12.0 Å². The number of amides is 2. The average molecular weight is 296 g/mol. The van der Waals surface area contributed by atoms with E-state index in [0.717, 1.165) is 19.4 Å². The molecule has 2 heterocycles. The Bertz CT molecular complexity index is 414. The Labute approximate surface area is 125 Å². The van der Waals surface area contributed by atoms with Crippen LogP contribution in [0.4, 0.5) is 4.79 Å². The highest BCUT2D eigenvalue weighted by Gasteiger charge is 2.41. The van der Waals surface area contributed by atoms with Gasteiger partial charge in [-0.3, -0.25) is 4.79 Å². The van der Waals surface area contributed by atoms with E-state index in [0.29, 0.717) is 31.7 Å². The lowest BCUT2D eigenvalue weighted by Crippen LogP contribution is -2.55. The number of urea groups is 1. The molecule has 2 saturated heterocycles. The molecule has 0 bridgehead atoms. The summed E-state index contributed by atoms with van der Waals surface area (Å²) in [5, 5.41) is 9.01. The lowest BCUT2D eigenvalue weighted by Gasteiger charge is -2.40. The number of carboxylic acids is 1. The fourth-order valence-corrected chi connectivity index (χ4v) is 4.09. The van der Waals surface area contributed by atoms with Crippen molar-refractivity contribution in [1.29, 1.82) is 0 Å². The molecule has 3 unspecified atom stereocenters. The second-order valence-corrected chi connectivity index (χ2v) is 6.40. The SMILES string of the molecule is O=C(O)CC1COCCN1C(=O)N1CCC2CCCCC21. The Morgan fingerprint density at radius 3 is 2.71 bits per heavy atom. The molecule has 0 aromatic rings. The van der Waals surface area contributed by atoms with Gasteiger partial charge in [-0.1, -0.05) is 12.8 Å². The molecule has 1 aliphatic carbocycles. The number of carboxylic acid groups (broad SMARTS) is 1. The highest BCUT2D eigenvalue weighted by molar-refractivity contribution is 5.77. The number of ether oxygens (including phenoxy) is 1. The van der Waals surface area contributed by atoms with E-state index in [4.69, 9.17) is 9.84 Å². The molecule has 0 spiro atoms. The zero-order valence-corrected chi connectivity index (χ0v) is 12.4. The van der Waals surface area contributed by atoms with Crippen LogP contribution in [0, 0.1) is 5.92 Å². The van der Waals surface area contributed by atoms with Crippen LogP contribution in [0.2, 0.25) is 0 Å². The van der Waals surface area contributed by atoms with Gasteiger partial charge in [-0.25, -0.2) is 4.79 Å². The molecule has 21 heavy (non-hydrogen) atoms. The van der Waals surface area contributed by atoms with Gasteiger partial charge in [0.05, 0.1) is 25.7 Å². The van der Waals surface area contributed by atoms with Crippen LogP contribution in [0.3, 0.4) is 0 Å². The molecule has 3 rings (SSSR count).